The molecule has 2 aromatic carbocycles. The second-order valence-corrected chi connectivity index (χ2v) is 6.16. The molecular weight excluding hydrogens is 310 g/mol. The summed E-state index contributed by atoms with van der Waals surface area (Å²) in [6.45, 7) is 3.81. The van der Waals surface area contributed by atoms with Gasteiger partial charge in [-0.25, -0.2) is 0 Å². The molecule has 0 radical (unpaired) electrons. The predicted octanol–water partition coefficient (Wildman–Crippen LogP) is 4.21. The molecule has 0 aliphatic carbocycles. The fourth-order valence-electron chi connectivity index (χ4n) is 2.00. The van der Waals surface area contributed by atoms with Crippen LogP contribution in [0.15, 0.2) is 53.4 Å². The van der Waals surface area contributed by atoms with Gasteiger partial charge >= 0.3 is 0 Å². The van der Waals surface area contributed by atoms with Crippen LogP contribution in [0.3, 0.4) is 0 Å². The molecule has 0 aliphatic heterocycles. The Hall–Kier alpha value is -2.14. The van der Waals surface area contributed by atoms with Gasteiger partial charge in [-0.05, 0) is 49.1 Å². The molecule has 0 aliphatic rings. The van der Waals surface area contributed by atoms with Crippen molar-refractivity contribution in [3.8, 4) is 11.5 Å². The van der Waals surface area contributed by atoms with E-state index in [0.717, 1.165) is 22.1 Å². The molecule has 0 saturated heterocycles. The maximum Gasteiger partial charge on any atom is 0.265 e. The summed E-state index contributed by atoms with van der Waals surface area (Å²) in [7, 11) is 1.61. The van der Waals surface area contributed by atoms with Gasteiger partial charge in [0.05, 0.1) is 12.8 Å². The Kier molecular flexibility index (Phi) is 6.35. The average molecular weight is 331 g/mol. The summed E-state index contributed by atoms with van der Waals surface area (Å²) < 4.78 is 10.8. The van der Waals surface area contributed by atoms with E-state index < -0.39 is 6.10 Å². The average Bonchev–Trinajstić information content (AvgIpc) is 2.57. The fraction of sp³-hybridized carbons (Fsp3) is 0.278. The maximum atomic E-state index is 12.3. The van der Waals surface area contributed by atoms with E-state index in [0.29, 0.717) is 5.75 Å². The molecule has 0 bridgehead atoms. The smallest absolute Gasteiger partial charge is 0.265 e. The summed E-state index contributed by atoms with van der Waals surface area (Å²) in [5.41, 5.74) is 0.814. The van der Waals surface area contributed by atoms with Crippen molar-refractivity contribution < 1.29 is 14.3 Å². The first-order chi connectivity index (χ1) is 11.1. The normalized spacial score (nSPS) is 11.6. The van der Waals surface area contributed by atoms with E-state index in [1.54, 1.807) is 50.1 Å². The molecule has 23 heavy (non-hydrogen) atoms. The van der Waals surface area contributed by atoms with Gasteiger partial charge in [-0.3, -0.25) is 4.79 Å². The lowest BCUT2D eigenvalue weighted by molar-refractivity contribution is -0.122. The number of carbonyl (C=O) groups is 1. The molecule has 2 rings (SSSR count). The second-order valence-electron chi connectivity index (χ2n) is 4.85. The molecule has 4 nitrogen and oxygen atoms in total. The number of amides is 1. The topological polar surface area (TPSA) is 47.6 Å². The Morgan fingerprint density at radius 2 is 1.78 bits per heavy atom. The monoisotopic (exact) mass is 331 g/mol. The molecule has 122 valence electrons. The summed E-state index contributed by atoms with van der Waals surface area (Å²) in [6, 6.07) is 14.9. The Balaban J connectivity index is 1.99. The highest BCUT2D eigenvalue weighted by Crippen LogP contribution is 2.27. The van der Waals surface area contributed by atoms with Crippen molar-refractivity contribution in [2.24, 2.45) is 0 Å². The van der Waals surface area contributed by atoms with Crippen molar-refractivity contribution >= 4 is 23.4 Å². The van der Waals surface area contributed by atoms with Gasteiger partial charge < -0.3 is 14.8 Å². The van der Waals surface area contributed by atoms with Crippen LogP contribution in [-0.2, 0) is 4.79 Å². The first kappa shape index (κ1) is 17.2. The standard InChI is InChI=1S/C18H21NO3S/c1-4-23-17-8-6-5-7-16(17)19-18(20)13(2)22-15-11-9-14(21-3)10-12-15/h5-13H,4H2,1-3H3,(H,19,20). The van der Waals surface area contributed by atoms with Crippen LogP contribution in [0.4, 0.5) is 5.69 Å². The van der Waals surface area contributed by atoms with Gasteiger partial charge in [0.25, 0.3) is 5.91 Å². The molecule has 0 aromatic heterocycles. The maximum absolute atomic E-state index is 12.3. The number of thioether (sulfide) groups is 1. The number of rotatable bonds is 7. The Morgan fingerprint density at radius 3 is 2.43 bits per heavy atom. The van der Waals surface area contributed by atoms with Gasteiger partial charge in [0.15, 0.2) is 6.10 Å². The highest BCUT2D eigenvalue weighted by molar-refractivity contribution is 7.99. The molecule has 1 unspecified atom stereocenters. The largest absolute Gasteiger partial charge is 0.497 e. The number of carbonyl (C=O) groups excluding carboxylic acids is 1. The minimum absolute atomic E-state index is 0.176. The summed E-state index contributed by atoms with van der Waals surface area (Å²) in [4.78, 5) is 13.4. The van der Waals surface area contributed by atoms with Gasteiger partial charge in [-0.15, -0.1) is 11.8 Å². The van der Waals surface area contributed by atoms with Gasteiger partial charge in [-0.1, -0.05) is 19.1 Å². The Morgan fingerprint density at radius 1 is 1.13 bits per heavy atom. The minimum Gasteiger partial charge on any atom is -0.497 e. The molecule has 0 saturated carbocycles. The van der Waals surface area contributed by atoms with Gasteiger partial charge in [0.1, 0.15) is 11.5 Å². The van der Waals surface area contributed by atoms with Crippen molar-refractivity contribution in [3.05, 3.63) is 48.5 Å². The SMILES string of the molecule is CCSc1ccccc1NC(=O)C(C)Oc1ccc(OC)cc1. The van der Waals surface area contributed by atoms with E-state index >= 15 is 0 Å². The third-order valence-electron chi connectivity index (χ3n) is 3.19. The number of nitrogens with one attached hydrogen (secondary N) is 1. The predicted molar refractivity (Wildman–Crippen MR) is 94.6 cm³/mol. The number of anilines is 1. The Labute approximate surface area is 141 Å². The molecule has 1 N–H and O–H groups in total. The zero-order chi connectivity index (χ0) is 16.7. The fourth-order valence-corrected chi connectivity index (χ4v) is 2.76. The van der Waals surface area contributed by atoms with Crippen molar-refractivity contribution in [2.75, 3.05) is 18.2 Å². The first-order valence-corrected chi connectivity index (χ1v) is 8.46. The number of ether oxygens (including phenoxy) is 2. The van der Waals surface area contributed by atoms with E-state index in [-0.39, 0.29) is 5.91 Å². The molecule has 0 fully saturated rings. The highest BCUT2D eigenvalue weighted by Gasteiger charge is 2.16. The number of hydrogen-bond donors (Lipinski definition) is 1. The third kappa shape index (κ3) is 4.93. The van der Waals surface area contributed by atoms with E-state index in [2.05, 4.69) is 12.2 Å². The van der Waals surface area contributed by atoms with Crippen LogP contribution < -0.4 is 14.8 Å². The summed E-state index contributed by atoms with van der Waals surface area (Å²) in [6.07, 6.45) is -0.594. The molecular formula is C18H21NO3S. The lowest BCUT2D eigenvalue weighted by Crippen LogP contribution is -2.30. The van der Waals surface area contributed by atoms with E-state index in [1.807, 2.05) is 24.3 Å². The van der Waals surface area contributed by atoms with E-state index in [1.165, 1.54) is 0 Å². The van der Waals surface area contributed by atoms with Crippen LogP contribution in [0.25, 0.3) is 0 Å². The summed E-state index contributed by atoms with van der Waals surface area (Å²) in [5.74, 6) is 2.15. The van der Waals surface area contributed by atoms with Crippen LogP contribution in [0.2, 0.25) is 0 Å². The van der Waals surface area contributed by atoms with Crippen molar-refractivity contribution in [2.45, 2.75) is 24.8 Å². The van der Waals surface area contributed by atoms with Crippen LogP contribution in [-0.4, -0.2) is 24.9 Å². The van der Waals surface area contributed by atoms with Crippen molar-refractivity contribution in [1.29, 1.82) is 0 Å². The lowest BCUT2D eigenvalue weighted by atomic mass is 10.3. The van der Waals surface area contributed by atoms with Gasteiger partial charge in [-0.2, -0.15) is 0 Å². The molecule has 0 heterocycles. The number of methoxy groups -OCH3 is 1. The summed E-state index contributed by atoms with van der Waals surface area (Å²) in [5, 5.41) is 2.93. The Bertz CT molecular complexity index is 643. The quantitative estimate of drug-likeness (QED) is 0.772. The van der Waals surface area contributed by atoms with E-state index in [4.69, 9.17) is 9.47 Å². The molecule has 5 heteroatoms. The minimum atomic E-state index is -0.594. The van der Waals surface area contributed by atoms with E-state index in [9.17, 15) is 4.79 Å². The molecule has 1 amide bonds. The van der Waals surface area contributed by atoms with Crippen LogP contribution in [0.1, 0.15) is 13.8 Å². The second kappa shape index (κ2) is 8.48. The number of hydrogen-bond acceptors (Lipinski definition) is 4. The van der Waals surface area contributed by atoms with Gasteiger partial charge in [0, 0.05) is 4.90 Å². The molecule has 1 atom stereocenters. The highest BCUT2D eigenvalue weighted by atomic mass is 32.2. The zero-order valence-electron chi connectivity index (χ0n) is 13.5. The third-order valence-corrected chi connectivity index (χ3v) is 4.14. The number of para-hydroxylation sites is 1. The molecule has 2 aromatic rings. The van der Waals surface area contributed by atoms with Crippen molar-refractivity contribution in [3.63, 3.8) is 0 Å². The van der Waals surface area contributed by atoms with Gasteiger partial charge in [0.2, 0.25) is 0 Å². The molecule has 0 spiro atoms. The van der Waals surface area contributed by atoms with Crippen LogP contribution >= 0.6 is 11.8 Å². The summed E-state index contributed by atoms with van der Waals surface area (Å²) >= 11 is 1.69. The van der Waals surface area contributed by atoms with Crippen LogP contribution in [0, 0.1) is 0 Å². The van der Waals surface area contributed by atoms with Crippen molar-refractivity contribution in [1.82, 2.24) is 0 Å². The lowest BCUT2D eigenvalue weighted by Gasteiger charge is -2.16. The number of benzene rings is 2. The van der Waals surface area contributed by atoms with Crippen LogP contribution in [0.5, 0.6) is 11.5 Å². The zero-order valence-corrected chi connectivity index (χ0v) is 14.4. The first-order valence-electron chi connectivity index (χ1n) is 7.47.